The molecule has 0 aliphatic heterocycles. The van der Waals surface area contributed by atoms with Crippen LogP contribution in [0, 0.1) is 11.8 Å². The van der Waals surface area contributed by atoms with Crippen LogP contribution in [-0.4, -0.2) is 17.8 Å². The SMILES string of the molecule is COc1ccc(C#CC(C)(O)CCC/C=C/c2ccccc2)cc1. The van der Waals surface area contributed by atoms with Crippen molar-refractivity contribution in [2.24, 2.45) is 0 Å². The van der Waals surface area contributed by atoms with Gasteiger partial charge in [-0.05, 0) is 56.0 Å². The van der Waals surface area contributed by atoms with E-state index in [0.717, 1.165) is 24.2 Å². The van der Waals surface area contributed by atoms with E-state index in [4.69, 9.17) is 4.74 Å². The first-order chi connectivity index (χ1) is 11.6. The second kappa shape index (κ2) is 8.96. The van der Waals surface area contributed by atoms with Crippen LogP contribution in [0.1, 0.15) is 37.3 Å². The maximum absolute atomic E-state index is 10.4. The monoisotopic (exact) mass is 320 g/mol. The van der Waals surface area contributed by atoms with Crippen molar-refractivity contribution < 1.29 is 9.84 Å². The third kappa shape index (κ3) is 6.32. The normalized spacial score (nSPS) is 13.1. The van der Waals surface area contributed by atoms with Gasteiger partial charge in [0.05, 0.1) is 7.11 Å². The van der Waals surface area contributed by atoms with Gasteiger partial charge in [-0.15, -0.1) is 0 Å². The third-order valence-electron chi connectivity index (χ3n) is 3.71. The number of hydrogen-bond acceptors (Lipinski definition) is 2. The number of allylic oxidation sites excluding steroid dienone is 1. The summed E-state index contributed by atoms with van der Waals surface area (Å²) >= 11 is 0. The maximum atomic E-state index is 10.4. The van der Waals surface area contributed by atoms with Gasteiger partial charge < -0.3 is 9.84 Å². The first kappa shape index (κ1) is 17.8. The lowest BCUT2D eigenvalue weighted by Gasteiger charge is -2.15. The molecule has 2 heteroatoms. The van der Waals surface area contributed by atoms with E-state index in [0.29, 0.717) is 6.42 Å². The predicted octanol–water partition coefficient (Wildman–Crippen LogP) is 4.68. The molecular weight excluding hydrogens is 296 g/mol. The van der Waals surface area contributed by atoms with E-state index < -0.39 is 5.60 Å². The molecule has 0 amide bonds. The number of unbranched alkanes of at least 4 members (excludes halogenated alkanes) is 1. The minimum atomic E-state index is -0.972. The summed E-state index contributed by atoms with van der Waals surface area (Å²) < 4.78 is 5.12. The van der Waals surface area contributed by atoms with E-state index in [2.05, 4.69) is 36.1 Å². The van der Waals surface area contributed by atoms with Crippen molar-refractivity contribution in [3.05, 3.63) is 71.8 Å². The first-order valence-corrected chi connectivity index (χ1v) is 8.20. The molecule has 2 rings (SSSR count). The van der Waals surface area contributed by atoms with Crippen molar-refractivity contribution in [3.63, 3.8) is 0 Å². The van der Waals surface area contributed by atoms with Gasteiger partial charge in [-0.2, -0.15) is 0 Å². The molecule has 1 N–H and O–H groups in total. The quantitative estimate of drug-likeness (QED) is 0.618. The standard InChI is InChI=1S/C22H24O2/c1-22(23,18-16-20-12-14-21(24-2)15-13-20)17-8-4-7-11-19-9-5-3-6-10-19/h3,5-7,9-15,23H,4,8,17H2,1-2H3/b11-7+. The summed E-state index contributed by atoms with van der Waals surface area (Å²) in [4.78, 5) is 0. The minimum Gasteiger partial charge on any atom is -0.497 e. The topological polar surface area (TPSA) is 29.5 Å². The highest BCUT2D eigenvalue weighted by atomic mass is 16.5. The molecule has 0 saturated carbocycles. The molecule has 2 aromatic rings. The van der Waals surface area contributed by atoms with Crippen LogP contribution in [0.3, 0.4) is 0 Å². The molecule has 0 saturated heterocycles. The molecule has 0 heterocycles. The van der Waals surface area contributed by atoms with Gasteiger partial charge in [0.25, 0.3) is 0 Å². The van der Waals surface area contributed by atoms with Crippen LogP contribution < -0.4 is 4.74 Å². The average Bonchev–Trinajstić information content (AvgIpc) is 2.61. The summed E-state index contributed by atoms with van der Waals surface area (Å²) in [7, 11) is 1.64. The van der Waals surface area contributed by atoms with Crippen molar-refractivity contribution in [1.82, 2.24) is 0 Å². The molecule has 2 nitrogen and oxygen atoms in total. The molecule has 0 aromatic heterocycles. The number of aliphatic hydroxyl groups is 1. The van der Waals surface area contributed by atoms with Crippen molar-refractivity contribution in [2.45, 2.75) is 31.8 Å². The lowest BCUT2D eigenvalue weighted by molar-refractivity contribution is 0.110. The second-order valence-corrected chi connectivity index (χ2v) is 5.96. The fourth-order valence-electron chi connectivity index (χ4n) is 2.29. The molecule has 0 aliphatic carbocycles. The third-order valence-corrected chi connectivity index (χ3v) is 3.71. The molecule has 0 spiro atoms. The Labute approximate surface area is 144 Å². The highest BCUT2D eigenvalue weighted by Gasteiger charge is 2.15. The molecular formula is C22H24O2. The summed E-state index contributed by atoms with van der Waals surface area (Å²) in [6, 6.07) is 17.7. The fraction of sp³-hybridized carbons (Fsp3) is 0.273. The Kier molecular flexibility index (Phi) is 6.66. The van der Waals surface area contributed by atoms with Gasteiger partial charge in [0.1, 0.15) is 11.4 Å². The van der Waals surface area contributed by atoms with E-state index in [1.807, 2.05) is 42.5 Å². The molecule has 2 aromatic carbocycles. The maximum Gasteiger partial charge on any atom is 0.123 e. The van der Waals surface area contributed by atoms with Gasteiger partial charge >= 0.3 is 0 Å². The van der Waals surface area contributed by atoms with Crippen LogP contribution in [0.2, 0.25) is 0 Å². The van der Waals surface area contributed by atoms with Crippen LogP contribution in [0.15, 0.2) is 60.7 Å². The number of ether oxygens (including phenoxy) is 1. The van der Waals surface area contributed by atoms with E-state index in [1.165, 1.54) is 5.56 Å². The molecule has 0 fully saturated rings. The lowest BCUT2D eigenvalue weighted by Crippen LogP contribution is -2.21. The first-order valence-electron chi connectivity index (χ1n) is 8.20. The van der Waals surface area contributed by atoms with E-state index >= 15 is 0 Å². The molecule has 0 radical (unpaired) electrons. The van der Waals surface area contributed by atoms with Gasteiger partial charge in [-0.25, -0.2) is 0 Å². The van der Waals surface area contributed by atoms with Gasteiger partial charge in [0.2, 0.25) is 0 Å². The summed E-state index contributed by atoms with van der Waals surface area (Å²) in [5.41, 5.74) is 1.10. The highest BCUT2D eigenvalue weighted by molar-refractivity contribution is 5.48. The fourth-order valence-corrected chi connectivity index (χ4v) is 2.29. The Balaban J connectivity index is 1.80. The Morgan fingerprint density at radius 3 is 2.46 bits per heavy atom. The summed E-state index contributed by atoms with van der Waals surface area (Å²) in [5.74, 6) is 6.79. The summed E-state index contributed by atoms with van der Waals surface area (Å²) in [5, 5.41) is 10.4. The van der Waals surface area contributed by atoms with Gasteiger partial charge in [-0.3, -0.25) is 0 Å². The number of hydrogen-bond donors (Lipinski definition) is 1. The summed E-state index contributed by atoms with van der Waals surface area (Å²) in [6.45, 7) is 1.77. The lowest BCUT2D eigenvalue weighted by atomic mass is 9.99. The van der Waals surface area contributed by atoms with Crippen LogP contribution in [0.25, 0.3) is 6.08 Å². The number of rotatable bonds is 6. The van der Waals surface area contributed by atoms with Crippen LogP contribution in [0.4, 0.5) is 0 Å². The van der Waals surface area contributed by atoms with Crippen LogP contribution >= 0.6 is 0 Å². The minimum absolute atomic E-state index is 0.648. The zero-order valence-electron chi connectivity index (χ0n) is 14.3. The van der Waals surface area contributed by atoms with Gasteiger partial charge in [0, 0.05) is 5.56 Å². The predicted molar refractivity (Wildman–Crippen MR) is 99.8 cm³/mol. The molecule has 0 bridgehead atoms. The smallest absolute Gasteiger partial charge is 0.123 e. The van der Waals surface area contributed by atoms with Gasteiger partial charge in [-0.1, -0.05) is 54.3 Å². The Morgan fingerprint density at radius 2 is 1.79 bits per heavy atom. The summed E-state index contributed by atoms with van der Waals surface area (Å²) in [6.07, 6.45) is 6.72. The zero-order chi connectivity index (χ0) is 17.3. The molecule has 1 atom stereocenters. The highest BCUT2D eigenvalue weighted by Crippen LogP contribution is 2.15. The van der Waals surface area contributed by atoms with Crippen LogP contribution in [0.5, 0.6) is 5.75 Å². The molecule has 124 valence electrons. The van der Waals surface area contributed by atoms with E-state index in [1.54, 1.807) is 14.0 Å². The Bertz CT molecular complexity index is 701. The Morgan fingerprint density at radius 1 is 1.08 bits per heavy atom. The van der Waals surface area contributed by atoms with Crippen molar-refractivity contribution in [2.75, 3.05) is 7.11 Å². The average molecular weight is 320 g/mol. The van der Waals surface area contributed by atoms with Crippen molar-refractivity contribution in [3.8, 4) is 17.6 Å². The van der Waals surface area contributed by atoms with E-state index in [-0.39, 0.29) is 0 Å². The van der Waals surface area contributed by atoms with Crippen molar-refractivity contribution in [1.29, 1.82) is 0 Å². The van der Waals surface area contributed by atoms with Gasteiger partial charge in [0.15, 0.2) is 0 Å². The number of benzene rings is 2. The molecule has 1 unspecified atom stereocenters. The second-order valence-electron chi connectivity index (χ2n) is 5.96. The van der Waals surface area contributed by atoms with Crippen molar-refractivity contribution >= 4 is 6.08 Å². The molecule has 24 heavy (non-hydrogen) atoms. The largest absolute Gasteiger partial charge is 0.497 e. The molecule has 0 aliphatic rings. The van der Waals surface area contributed by atoms with E-state index in [9.17, 15) is 5.11 Å². The number of methoxy groups -OCH3 is 1. The Hall–Kier alpha value is -2.50. The van der Waals surface area contributed by atoms with Crippen LogP contribution in [-0.2, 0) is 0 Å². The zero-order valence-corrected chi connectivity index (χ0v) is 14.3.